The van der Waals surface area contributed by atoms with Crippen LogP contribution in [0.1, 0.15) is 17.4 Å². The van der Waals surface area contributed by atoms with Gasteiger partial charge in [0.05, 0.1) is 0 Å². The fraction of sp³-hybridized carbons (Fsp3) is 0.429. The van der Waals surface area contributed by atoms with E-state index >= 15 is 0 Å². The van der Waals surface area contributed by atoms with Gasteiger partial charge in [0.1, 0.15) is 18.0 Å². The molecular weight excluding hydrogens is 256 g/mol. The van der Waals surface area contributed by atoms with Crippen LogP contribution in [0.4, 0.5) is 11.6 Å². The van der Waals surface area contributed by atoms with Crippen molar-refractivity contribution in [3.8, 4) is 0 Å². The minimum atomic E-state index is 0.871. The van der Waals surface area contributed by atoms with E-state index < -0.39 is 0 Å². The first-order valence-corrected chi connectivity index (χ1v) is 7.39. The molecule has 5 heteroatoms. The molecule has 0 aliphatic heterocycles. The van der Waals surface area contributed by atoms with Crippen LogP contribution in [0.25, 0.3) is 0 Å². The van der Waals surface area contributed by atoms with Gasteiger partial charge in [-0.3, -0.25) is 0 Å². The number of nitrogens with zero attached hydrogens (tertiary/aromatic N) is 3. The Morgan fingerprint density at radius 3 is 2.89 bits per heavy atom. The fourth-order valence-electron chi connectivity index (χ4n) is 2.01. The molecule has 0 saturated heterocycles. The maximum absolute atomic E-state index is 4.40. The van der Waals surface area contributed by atoms with Crippen molar-refractivity contribution in [2.75, 3.05) is 30.4 Å². The largest absolute Gasteiger partial charge is 0.370 e. The molecule has 0 saturated carbocycles. The second-order valence-electron chi connectivity index (χ2n) is 4.45. The third-order valence-electron chi connectivity index (χ3n) is 3.04. The van der Waals surface area contributed by atoms with Crippen molar-refractivity contribution in [2.24, 2.45) is 0 Å². The number of anilines is 2. The van der Waals surface area contributed by atoms with Gasteiger partial charge in [0.2, 0.25) is 0 Å². The summed E-state index contributed by atoms with van der Waals surface area (Å²) in [6.45, 7) is 5.97. The molecule has 0 amide bonds. The molecule has 102 valence electrons. The molecular formula is C14H20N4S. The van der Waals surface area contributed by atoms with Crippen molar-refractivity contribution in [1.82, 2.24) is 9.97 Å². The van der Waals surface area contributed by atoms with Gasteiger partial charge in [-0.2, -0.15) is 0 Å². The van der Waals surface area contributed by atoms with Crippen LogP contribution in [-0.4, -0.2) is 30.1 Å². The first kappa shape index (κ1) is 13.8. The lowest BCUT2D eigenvalue weighted by Gasteiger charge is -2.20. The highest BCUT2D eigenvalue weighted by Gasteiger charge is 2.10. The molecule has 1 N–H and O–H groups in total. The van der Waals surface area contributed by atoms with Crippen LogP contribution in [0.5, 0.6) is 0 Å². The molecule has 0 radical (unpaired) electrons. The monoisotopic (exact) mass is 276 g/mol. The Hall–Kier alpha value is -1.62. The average molecular weight is 276 g/mol. The van der Waals surface area contributed by atoms with Crippen LogP contribution in [0.3, 0.4) is 0 Å². The van der Waals surface area contributed by atoms with Crippen molar-refractivity contribution in [2.45, 2.75) is 20.3 Å². The number of hydrogen-bond acceptors (Lipinski definition) is 5. The topological polar surface area (TPSA) is 41.1 Å². The Morgan fingerprint density at radius 1 is 1.37 bits per heavy atom. The molecule has 2 heterocycles. The van der Waals surface area contributed by atoms with E-state index in [-0.39, 0.29) is 0 Å². The van der Waals surface area contributed by atoms with Gasteiger partial charge in [0.25, 0.3) is 0 Å². The Bertz CT molecular complexity index is 510. The molecule has 19 heavy (non-hydrogen) atoms. The second-order valence-corrected chi connectivity index (χ2v) is 5.48. The van der Waals surface area contributed by atoms with Crippen molar-refractivity contribution >= 4 is 23.0 Å². The van der Waals surface area contributed by atoms with Crippen LogP contribution in [-0.2, 0) is 6.42 Å². The van der Waals surface area contributed by atoms with E-state index in [0.717, 1.165) is 36.7 Å². The number of nitrogens with one attached hydrogen (secondary N) is 1. The van der Waals surface area contributed by atoms with Gasteiger partial charge in [-0.15, -0.1) is 11.3 Å². The van der Waals surface area contributed by atoms with Gasteiger partial charge in [-0.25, -0.2) is 9.97 Å². The van der Waals surface area contributed by atoms with E-state index in [9.17, 15) is 0 Å². The molecule has 0 aliphatic rings. The van der Waals surface area contributed by atoms with Gasteiger partial charge in [0, 0.05) is 30.6 Å². The van der Waals surface area contributed by atoms with Gasteiger partial charge >= 0.3 is 0 Å². The lowest BCUT2D eigenvalue weighted by molar-refractivity contribution is 0.858. The molecule has 0 unspecified atom stereocenters. The smallest absolute Gasteiger partial charge is 0.136 e. The summed E-state index contributed by atoms with van der Waals surface area (Å²) in [5.74, 6) is 1.93. The fourth-order valence-corrected chi connectivity index (χ4v) is 2.71. The Labute approximate surface area is 118 Å². The highest BCUT2D eigenvalue weighted by molar-refractivity contribution is 7.09. The van der Waals surface area contributed by atoms with Crippen molar-refractivity contribution < 1.29 is 0 Å². The Kier molecular flexibility index (Phi) is 4.74. The summed E-state index contributed by atoms with van der Waals surface area (Å²) in [6, 6.07) is 4.27. The first-order chi connectivity index (χ1) is 9.22. The molecule has 4 nitrogen and oxygen atoms in total. The molecule has 2 aromatic heterocycles. The normalized spacial score (nSPS) is 10.5. The third-order valence-corrected chi connectivity index (χ3v) is 3.97. The van der Waals surface area contributed by atoms with Gasteiger partial charge in [0.15, 0.2) is 0 Å². The molecule has 0 aromatic carbocycles. The lowest BCUT2D eigenvalue weighted by atomic mass is 10.2. The van der Waals surface area contributed by atoms with Crippen LogP contribution < -0.4 is 10.2 Å². The second kappa shape index (κ2) is 6.52. The third kappa shape index (κ3) is 3.44. The highest BCUT2D eigenvalue weighted by Crippen LogP contribution is 2.21. The van der Waals surface area contributed by atoms with Gasteiger partial charge in [-0.05, 0) is 31.7 Å². The van der Waals surface area contributed by atoms with E-state index in [4.69, 9.17) is 0 Å². The molecule has 0 bridgehead atoms. The summed E-state index contributed by atoms with van der Waals surface area (Å²) in [5.41, 5.74) is 1.11. The summed E-state index contributed by atoms with van der Waals surface area (Å²) >= 11 is 1.80. The number of thiophene rings is 1. The quantitative estimate of drug-likeness (QED) is 0.880. The summed E-state index contributed by atoms with van der Waals surface area (Å²) in [7, 11) is 2.08. The predicted octanol–water partition coefficient (Wildman–Crippen LogP) is 2.96. The van der Waals surface area contributed by atoms with E-state index in [2.05, 4.69) is 58.6 Å². The SMILES string of the molecule is CCNc1ncnc(N(C)CCc2cccs2)c1C. The molecule has 2 aromatic rings. The number of likely N-dealkylation sites (N-methyl/N-ethyl adjacent to an activating group) is 1. The standard InChI is InChI=1S/C14H20N4S/c1-4-15-13-11(2)14(17-10-16-13)18(3)8-7-12-6-5-9-19-12/h5-6,9-10H,4,7-8H2,1-3H3,(H,15,16,17). The van der Waals surface area contributed by atoms with E-state index in [1.165, 1.54) is 4.88 Å². The summed E-state index contributed by atoms with van der Waals surface area (Å²) in [5, 5.41) is 5.38. The van der Waals surface area contributed by atoms with E-state index in [0.29, 0.717) is 0 Å². The van der Waals surface area contributed by atoms with Gasteiger partial charge in [-0.1, -0.05) is 6.07 Å². The highest BCUT2D eigenvalue weighted by atomic mass is 32.1. The van der Waals surface area contributed by atoms with Gasteiger partial charge < -0.3 is 10.2 Å². The minimum Gasteiger partial charge on any atom is -0.370 e. The summed E-state index contributed by atoms with van der Waals surface area (Å²) < 4.78 is 0. The minimum absolute atomic E-state index is 0.871. The lowest BCUT2D eigenvalue weighted by Crippen LogP contribution is -2.22. The maximum Gasteiger partial charge on any atom is 0.136 e. The molecule has 0 aliphatic carbocycles. The maximum atomic E-state index is 4.40. The van der Waals surface area contributed by atoms with E-state index in [1.807, 2.05) is 0 Å². The number of aromatic nitrogens is 2. The Morgan fingerprint density at radius 2 is 2.21 bits per heavy atom. The first-order valence-electron chi connectivity index (χ1n) is 6.51. The van der Waals surface area contributed by atoms with Crippen LogP contribution in [0.15, 0.2) is 23.8 Å². The predicted molar refractivity (Wildman–Crippen MR) is 82.2 cm³/mol. The summed E-state index contributed by atoms with van der Waals surface area (Å²) in [6.07, 6.45) is 2.68. The van der Waals surface area contributed by atoms with Crippen molar-refractivity contribution in [3.05, 3.63) is 34.3 Å². The average Bonchev–Trinajstić information content (AvgIpc) is 2.92. The van der Waals surface area contributed by atoms with Crippen molar-refractivity contribution in [1.29, 1.82) is 0 Å². The molecule has 0 fully saturated rings. The zero-order valence-corrected chi connectivity index (χ0v) is 12.5. The van der Waals surface area contributed by atoms with Crippen molar-refractivity contribution in [3.63, 3.8) is 0 Å². The Balaban J connectivity index is 2.06. The number of hydrogen-bond donors (Lipinski definition) is 1. The molecule has 0 spiro atoms. The van der Waals surface area contributed by atoms with Crippen LogP contribution >= 0.6 is 11.3 Å². The zero-order valence-electron chi connectivity index (χ0n) is 11.7. The molecule has 2 rings (SSSR count). The van der Waals surface area contributed by atoms with Crippen LogP contribution in [0.2, 0.25) is 0 Å². The summed E-state index contributed by atoms with van der Waals surface area (Å²) in [4.78, 5) is 12.3. The van der Waals surface area contributed by atoms with E-state index in [1.54, 1.807) is 17.7 Å². The van der Waals surface area contributed by atoms with Crippen LogP contribution in [0, 0.1) is 6.92 Å². The number of rotatable bonds is 6. The zero-order chi connectivity index (χ0) is 13.7. The molecule has 0 atom stereocenters.